The molecular weight excluding hydrogens is 190 g/mol. The van der Waals surface area contributed by atoms with Crippen LogP contribution >= 0.6 is 0 Å². The van der Waals surface area contributed by atoms with Gasteiger partial charge in [-0.3, -0.25) is 0 Å². The van der Waals surface area contributed by atoms with E-state index in [4.69, 9.17) is 10.4 Å². The van der Waals surface area contributed by atoms with E-state index in [-0.39, 0.29) is 6.10 Å². The molecule has 0 saturated heterocycles. The Morgan fingerprint density at radius 3 is 2.93 bits per heavy atom. The summed E-state index contributed by atoms with van der Waals surface area (Å²) >= 11 is 0. The predicted octanol–water partition coefficient (Wildman–Crippen LogP) is 1.44. The number of pyridine rings is 1. The van der Waals surface area contributed by atoms with Crippen LogP contribution in [0.5, 0.6) is 0 Å². The van der Waals surface area contributed by atoms with Crippen molar-refractivity contribution in [1.29, 1.82) is 5.26 Å². The van der Waals surface area contributed by atoms with Crippen LogP contribution in [0.3, 0.4) is 0 Å². The summed E-state index contributed by atoms with van der Waals surface area (Å²) in [6.07, 6.45) is 0.343. The van der Waals surface area contributed by atoms with Crippen LogP contribution in [0.25, 0.3) is 0 Å². The molecule has 1 unspecified atom stereocenters. The summed E-state index contributed by atoms with van der Waals surface area (Å²) in [6, 6.07) is 5.72. The van der Waals surface area contributed by atoms with Gasteiger partial charge in [-0.2, -0.15) is 5.26 Å². The standard InChI is InChI=1S/C11H15N3O/c1-8-3-4-11(14-10(8)7-12)13-6-5-9(2)15/h3-4,9,15H,5-6H2,1-2H3,(H,13,14). The van der Waals surface area contributed by atoms with Crippen molar-refractivity contribution < 1.29 is 5.11 Å². The molecule has 2 N–H and O–H groups in total. The summed E-state index contributed by atoms with van der Waals surface area (Å²) in [4.78, 5) is 4.13. The van der Waals surface area contributed by atoms with Gasteiger partial charge in [-0.05, 0) is 31.9 Å². The van der Waals surface area contributed by atoms with Crippen molar-refractivity contribution in [2.45, 2.75) is 26.4 Å². The van der Waals surface area contributed by atoms with Gasteiger partial charge in [0.2, 0.25) is 0 Å². The van der Waals surface area contributed by atoms with Gasteiger partial charge < -0.3 is 10.4 Å². The molecule has 1 aromatic heterocycles. The molecule has 0 aliphatic heterocycles. The van der Waals surface area contributed by atoms with Crippen LogP contribution < -0.4 is 5.32 Å². The van der Waals surface area contributed by atoms with Crippen molar-refractivity contribution >= 4 is 5.82 Å². The van der Waals surface area contributed by atoms with E-state index in [0.717, 1.165) is 5.56 Å². The minimum atomic E-state index is -0.321. The maximum atomic E-state index is 9.06. The van der Waals surface area contributed by atoms with E-state index >= 15 is 0 Å². The van der Waals surface area contributed by atoms with E-state index in [9.17, 15) is 0 Å². The maximum absolute atomic E-state index is 9.06. The second kappa shape index (κ2) is 5.32. The van der Waals surface area contributed by atoms with Gasteiger partial charge in [0.05, 0.1) is 6.10 Å². The van der Waals surface area contributed by atoms with Crippen LogP contribution in [0.2, 0.25) is 0 Å². The highest BCUT2D eigenvalue weighted by atomic mass is 16.3. The number of rotatable bonds is 4. The van der Waals surface area contributed by atoms with Crippen molar-refractivity contribution in [3.05, 3.63) is 23.4 Å². The molecule has 80 valence electrons. The number of anilines is 1. The lowest BCUT2D eigenvalue weighted by atomic mass is 10.2. The van der Waals surface area contributed by atoms with E-state index in [0.29, 0.717) is 24.5 Å². The maximum Gasteiger partial charge on any atom is 0.145 e. The minimum Gasteiger partial charge on any atom is -0.393 e. The first kappa shape index (κ1) is 11.5. The van der Waals surface area contributed by atoms with Crippen molar-refractivity contribution in [2.24, 2.45) is 0 Å². The smallest absolute Gasteiger partial charge is 0.145 e. The van der Waals surface area contributed by atoms with Gasteiger partial charge in [0.15, 0.2) is 0 Å². The Bertz CT molecular complexity index is 369. The third-order valence-corrected chi connectivity index (χ3v) is 2.07. The van der Waals surface area contributed by atoms with Crippen molar-refractivity contribution in [3.63, 3.8) is 0 Å². The molecular formula is C11H15N3O. The molecule has 4 heteroatoms. The molecule has 1 rings (SSSR count). The lowest BCUT2D eigenvalue weighted by Gasteiger charge is -2.07. The molecule has 1 atom stereocenters. The molecule has 0 radical (unpaired) electrons. The lowest BCUT2D eigenvalue weighted by Crippen LogP contribution is -2.10. The number of nitriles is 1. The zero-order valence-electron chi connectivity index (χ0n) is 8.99. The number of nitrogens with one attached hydrogen (secondary N) is 1. The number of aliphatic hydroxyl groups is 1. The van der Waals surface area contributed by atoms with Crippen LogP contribution in [-0.4, -0.2) is 22.7 Å². The Balaban J connectivity index is 2.60. The molecule has 0 bridgehead atoms. The molecule has 0 fully saturated rings. The topological polar surface area (TPSA) is 68.9 Å². The van der Waals surface area contributed by atoms with E-state index in [2.05, 4.69) is 10.3 Å². The van der Waals surface area contributed by atoms with Gasteiger partial charge in [-0.15, -0.1) is 0 Å². The fourth-order valence-corrected chi connectivity index (χ4v) is 1.15. The van der Waals surface area contributed by atoms with Crippen molar-refractivity contribution in [2.75, 3.05) is 11.9 Å². The zero-order chi connectivity index (χ0) is 11.3. The average molecular weight is 205 g/mol. The predicted molar refractivity (Wildman–Crippen MR) is 58.5 cm³/mol. The van der Waals surface area contributed by atoms with E-state index in [1.54, 1.807) is 6.92 Å². The molecule has 0 aromatic carbocycles. The third-order valence-electron chi connectivity index (χ3n) is 2.07. The number of hydrogen-bond donors (Lipinski definition) is 2. The number of aryl methyl sites for hydroxylation is 1. The summed E-state index contributed by atoms with van der Waals surface area (Å²) in [6.45, 7) is 4.24. The molecule has 1 heterocycles. The summed E-state index contributed by atoms with van der Waals surface area (Å²) in [5.41, 5.74) is 1.32. The second-order valence-corrected chi connectivity index (χ2v) is 3.54. The van der Waals surface area contributed by atoms with E-state index in [1.165, 1.54) is 0 Å². The largest absolute Gasteiger partial charge is 0.393 e. The van der Waals surface area contributed by atoms with E-state index in [1.807, 2.05) is 25.1 Å². The first-order valence-corrected chi connectivity index (χ1v) is 4.93. The average Bonchev–Trinajstić information content (AvgIpc) is 2.20. The highest BCUT2D eigenvalue weighted by molar-refractivity contribution is 5.42. The number of nitrogens with zero attached hydrogens (tertiary/aromatic N) is 2. The van der Waals surface area contributed by atoms with Gasteiger partial charge in [-0.1, -0.05) is 6.07 Å². The van der Waals surface area contributed by atoms with Crippen LogP contribution in [-0.2, 0) is 0 Å². The SMILES string of the molecule is Cc1ccc(NCCC(C)O)nc1C#N. The number of aromatic nitrogens is 1. The van der Waals surface area contributed by atoms with Gasteiger partial charge in [-0.25, -0.2) is 4.98 Å². The highest BCUT2D eigenvalue weighted by Crippen LogP contribution is 2.09. The minimum absolute atomic E-state index is 0.321. The first-order valence-electron chi connectivity index (χ1n) is 4.93. The fourth-order valence-electron chi connectivity index (χ4n) is 1.15. The summed E-state index contributed by atoms with van der Waals surface area (Å²) in [5, 5.41) is 20.9. The Morgan fingerprint density at radius 2 is 2.33 bits per heavy atom. The van der Waals surface area contributed by atoms with Gasteiger partial charge in [0.1, 0.15) is 17.6 Å². The fraction of sp³-hybridized carbons (Fsp3) is 0.455. The normalized spacial score (nSPS) is 11.9. The van der Waals surface area contributed by atoms with E-state index < -0.39 is 0 Å². The number of hydrogen-bond acceptors (Lipinski definition) is 4. The second-order valence-electron chi connectivity index (χ2n) is 3.54. The molecule has 0 spiro atoms. The third kappa shape index (κ3) is 3.56. The molecule has 0 amide bonds. The Hall–Kier alpha value is -1.60. The molecule has 0 aliphatic rings. The molecule has 1 aromatic rings. The Morgan fingerprint density at radius 1 is 1.60 bits per heavy atom. The van der Waals surface area contributed by atoms with Gasteiger partial charge in [0.25, 0.3) is 0 Å². The zero-order valence-corrected chi connectivity index (χ0v) is 8.99. The molecule has 4 nitrogen and oxygen atoms in total. The summed E-state index contributed by atoms with van der Waals surface area (Å²) in [7, 11) is 0. The van der Waals surface area contributed by atoms with Crippen LogP contribution in [0, 0.1) is 18.3 Å². The quantitative estimate of drug-likeness (QED) is 0.780. The number of aliphatic hydroxyl groups excluding tert-OH is 1. The molecule has 15 heavy (non-hydrogen) atoms. The summed E-state index contributed by atoms with van der Waals surface area (Å²) < 4.78 is 0. The molecule has 0 saturated carbocycles. The van der Waals surface area contributed by atoms with Gasteiger partial charge >= 0.3 is 0 Å². The van der Waals surface area contributed by atoms with Crippen LogP contribution in [0.1, 0.15) is 24.6 Å². The first-order chi connectivity index (χ1) is 7.13. The van der Waals surface area contributed by atoms with Crippen molar-refractivity contribution in [1.82, 2.24) is 4.98 Å². The van der Waals surface area contributed by atoms with Gasteiger partial charge in [0, 0.05) is 6.54 Å². The molecule has 0 aliphatic carbocycles. The van der Waals surface area contributed by atoms with Crippen molar-refractivity contribution in [3.8, 4) is 6.07 Å². The Labute approximate surface area is 89.6 Å². The lowest BCUT2D eigenvalue weighted by molar-refractivity contribution is 0.188. The summed E-state index contributed by atoms with van der Waals surface area (Å²) in [5.74, 6) is 0.679. The van der Waals surface area contributed by atoms with Crippen LogP contribution in [0.15, 0.2) is 12.1 Å². The van der Waals surface area contributed by atoms with Crippen LogP contribution in [0.4, 0.5) is 5.82 Å². The highest BCUT2D eigenvalue weighted by Gasteiger charge is 2.01. The monoisotopic (exact) mass is 205 g/mol. The Kier molecular flexibility index (Phi) is 4.07.